The third-order valence-electron chi connectivity index (χ3n) is 2.52. The number of aromatic nitrogens is 1. The van der Waals surface area contributed by atoms with E-state index in [9.17, 15) is 4.39 Å². The van der Waals surface area contributed by atoms with Crippen LogP contribution in [0.3, 0.4) is 0 Å². The van der Waals surface area contributed by atoms with Gasteiger partial charge < -0.3 is 5.32 Å². The number of nitrogens with zero attached hydrogens (tertiary/aromatic N) is 1. The zero-order valence-corrected chi connectivity index (χ0v) is 7.46. The molecule has 0 radical (unpaired) electrons. The van der Waals surface area contributed by atoms with Gasteiger partial charge in [0.1, 0.15) is 0 Å². The highest BCUT2D eigenvalue weighted by Crippen LogP contribution is 2.21. The molecule has 1 aromatic rings. The molecule has 0 saturated carbocycles. The van der Waals surface area contributed by atoms with Crippen molar-refractivity contribution in [2.24, 2.45) is 0 Å². The highest BCUT2D eigenvalue weighted by Gasteiger charge is 2.14. The molecule has 1 saturated heterocycles. The number of rotatable bonds is 1. The number of pyridine rings is 1. The van der Waals surface area contributed by atoms with Crippen LogP contribution in [-0.2, 0) is 0 Å². The van der Waals surface area contributed by atoms with E-state index >= 15 is 0 Å². The van der Waals surface area contributed by atoms with Crippen LogP contribution in [0.25, 0.3) is 0 Å². The van der Waals surface area contributed by atoms with Crippen molar-refractivity contribution in [3.05, 3.63) is 29.8 Å². The molecule has 13 heavy (non-hydrogen) atoms. The molecule has 1 aliphatic heterocycles. The van der Waals surface area contributed by atoms with E-state index in [4.69, 9.17) is 0 Å². The van der Waals surface area contributed by atoms with Gasteiger partial charge in [-0.05, 0) is 36.9 Å². The Kier molecular flexibility index (Phi) is 2.54. The SMILES string of the molecule is Fc1ccc(C2CCCNC2)cn1. The van der Waals surface area contributed by atoms with Crippen molar-refractivity contribution in [2.75, 3.05) is 13.1 Å². The standard InChI is InChI=1S/C10H13FN2/c11-10-4-3-9(7-13-10)8-2-1-5-12-6-8/h3-4,7-8,12H,1-2,5-6H2. The molecule has 1 fully saturated rings. The maximum atomic E-state index is 12.5. The summed E-state index contributed by atoms with van der Waals surface area (Å²) in [5.74, 6) is 0.120. The van der Waals surface area contributed by atoms with E-state index in [1.165, 1.54) is 18.9 Å². The van der Waals surface area contributed by atoms with Crippen LogP contribution in [0, 0.1) is 5.95 Å². The molecule has 1 atom stereocenters. The molecular weight excluding hydrogens is 167 g/mol. The number of nitrogens with one attached hydrogen (secondary N) is 1. The molecule has 0 aromatic carbocycles. The number of halogens is 1. The molecule has 2 nitrogen and oxygen atoms in total. The van der Waals surface area contributed by atoms with Gasteiger partial charge in [0, 0.05) is 12.7 Å². The first-order chi connectivity index (χ1) is 6.36. The highest BCUT2D eigenvalue weighted by atomic mass is 19.1. The fourth-order valence-electron chi connectivity index (χ4n) is 1.77. The zero-order chi connectivity index (χ0) is 9.10. The summed E-state index contributed by atoms with van der Waals surface area (Å²) in [4.78, 5) is 3.66. The van der Waals surface area contributed by atoms with Crippen molar-refractivity contribution in [3.63, 3.8) is 0 Å². The molecule has 3 heteroatoms. The van der Waals surface area contributed by atoms with Crippen LogP contribution in [0.15, 0.2) is 18.3 Å². The van der Waals surface area contributed by atoms with Crippen LogP contribution in [0.4, 0.5) is 4.39 Å². The minimum atomic E-state index is -0.396. The molecule has 70 valence electrons. The maximum Gasteiger partial charge on any atom is 0.212 e. The monoisotopic (exact) mass is 180 g/mol. The molecule has 0 amide bonds. The second-order valence-corrected chi connectivity index (χ2v) is 3.46. The quantitative estimate of drug-likeness (QED) is 0.665. The Bertz CT molecular complexity index is 265. The lowest BCUT2D eigenvalue weighted by Crippen LogP contribution is -2.28. The summed E-state index contributed by atoms with van der Waals surface area (Å²) in [6.45, 7) is 2.10. The van der Waals surface area contributed by atoms with E-state index in [2.05, 4.69) is 10.3 Å². The average Bonchev–Trinajstić information content (AvgIpc) is 2.20. The molecule has 2 rings (SSSR count). The summed E-state index contributed by atoms with van der Waals surface area (Å²) in [5, 5.41) is 3.33. The smallest absolute Gasteiger partial charge is 0.212 e. The van der Waals surface area contributed by atoms with E-state index in [0.717, 1.165) is 18.7 Å². The number of hydrogen-bond acceptors (Lipinski definition) is 2. The Balaban J connectivity index is 2.10. The van der Waals surface area contributed by atoms with Crippen LogP contribution in [0.2, 0.25) is 0 Å². The van der Waals surface area contributed by atoms with E-state index in [-0.39, 0.29) is 0 Å². The molecule has 0 bridgehead atoms. The topological polar surface area (TPSA) is 24.9 Å². The third kappa shape index (κ3) is 2.04. The Morgan fingerprint density at radius 1 is 1.46 bits per heavy atom. The van der Waals surface area contributed by atoms with Crippen molar-refractivity contribution in [1.29, 1.82) is 0 Å². The molecular formula is C10H13FN2. The van der Waals surface area contributed by atoms with Crippen molar-refractivity contribution < 1.29 is 4.39 Å². The van der Waals surface area contributed by atoms with Crippen LogP contribution in [-0.4, -0.2) is 18.1 Å². The van der Waals surface area contributed by atoms with Gasteiger partial charge in [0.05, 0.1) is 0 Å². The summed E-state index contributed by atoms with van der Waals surface area (Å²) < 4.78 is 12.5. The summed E-state index contributed by atoms with van der Waals surface area (Å²) in [6, 6.07) is 3.27. The fraction of sp³-hybridized carbons (Fsp3) is 0.500. The summed E-state index contributed by atoms with van der Waals surface area (Å²) >= 11 is 0. The highest BCUT2D eigenvalue weighted by molar-refractivity contribution is 5.16. The minimum absolute atomic E-state index is 0.396. The molecule has 1 aliphatic rings. The van der Waals surface area contributed by atoms with Crippen molar-refractivity contribution >= 4 is 0 Å². The van der Waals surface area contributed by atoms with Crippen molar-refractivity contribution in [2.45, 2.75) is 18.8 Å². The molecule has 1 N–H and O–H groups in total. The first kappa shape index (κ1) is 8.63. The fourth-order valence-corrected chi connectivity index (χ4v) is 1.77. The Hall–Kier alpha value is -0.960. The Labute approximate surface area is 77.2 Å². The van der Waals surface area contributed by atoms with Crippen LogP contribution >= 0.6 is 0 Å². The predicted octanol–water partition coefficient (Wildman–Crippen LogP) is 1.69. The summed E-state index contributed by atoms with van der Waals surface area (Å²) in [7, 11) is 0. The third-order valence-corrected chi connectivity index (χ3v) is 2.52. The normalized spacial score (nSPS) is 23.0. The predicted molar refractivity (Wildman–Crippen MR) is 49.0 cm³/mol. The number of piperidine rings is 1. The lowest BCUT2D eigenvalue weighted by atomic mass is 9.93. The molecule has 1 unspecified atom stereocenters. The lowest BCUT2D eigenvalue weighted by Gasteiger charge is -2.22. The van der Waals surface area contributed by atoms with Gasteiger partial charge in [0.15, 0.2) is 0 Å². The maximum absolute atomic E-state index is 12.5. The second-order valence-electron chi connectivity index (χ2n) is 3.46. The minimum Gasteiger partial charge on any atom is -0.316 e. The van der Waals surface area contributed by atoms with Gasteiger partial charge in [-0.15, -0.1) is 0 Å². The van der Waals surface area contributed by atoms with Crippen molar-refractivity contribution in [1.82, 2.24) is 10.3 Å². The average molecular weight is 180 g/mol. The van der Waals surface area contributed by atoms with Gasteiger partial charge in [0.2, 0.25) is 5.95 Å². The summed E-state index contributed by atoms with van der Waals surface area (Å²) in [5.41, 5.74) is 1.15. The zero-order valence-electron chi connectivity index (χ0n) is 7.46. The number of hydrogen-bond donors (Lipinski definition) is 1. The molecule has 1 aromatic heterocycles. The van der Waals surface area contributed by atoms with Crippen molar-refractivity contribution in [3.8, 4) is 0 Å². The van der Waals surface area contributed by atoms with E-state index in [0.29, 0.717) is 5.92 Å². The lowest BCUT2D eigenvalue weighted by molar-refractivity contribution is 0.459. The van der Waals surface area contributed by atoms with Gasteiger partial charge in [-0.25, -0.2) is 4.98 Å². The van der Waals surface area contributed by atoms with Crippen LogP contribution in [0.1, 0.15) is 24.3 Å². The summed E-state index contributed by atoms with van der Waals surface area (Å²) in [6.07, 6.45) is 4.02. The Morgan fingerprint density at radius 2 is 2.38 bits per heavy atom. The van der Waals surface area contributed by atoms with Gasteiger partial charge >= 0.3 is 0 Å². The van der Waals surface area contributed by atoms with Gasteiger partial charge in [-0.2, -0.15) is 4.39 Å². The van der Waals surface area contributed by atoms with E-state index < -0.39 is 5.95 Å². The first-order valence-electron chi connectivity index (χ1n) is 4.68. The van der Waals surface area contributed by atoms with Gasteiger partial charge in [-0.1, -0.05) is 6.07 Å². The van der Waals surface area contributed by atoms with Gasteiger partial charge in [-0.3, -0.25) is 0 Å². The van der Waals surface area contributed by atoms with Crippen LogP contribution in [0.5, 0.6) is 0 Å². The second kappa shape index (κ2) is 3.83. The first-order valence-corrected chi connectivity index (χ1v) is 4.68. The van der Waals surface area contributed by atoms with E-state index in [1.54, 1.807) is 6.20 Å². The van der Waals surface area contributed by atoms with E-state index in [1.807, 2.05) is 6.07 Å². The Morgan fingerprint density at radius 3 is 3.00 bits per heavy atom. The molecule has 0 aliphatic carbocycles. The molecule has 2 heterocycles. The van der Waals surface area contributed by atoms with Crippen LogP contribution < -0.4 is 5.32 Å². The largest absolute Gasteiger partial charge is 0.316 e. The van der Waals surface area contributed by atoms with Gasteiger partial charge in [0.25, 0.3) is 0 Å². The molecule has 0 spiro atoms.